The van der Waals surface area contributed by atoms with Crippen LogP contribution in [0, 0.1) is 5.92 Å². The summed E-state index contributed by atoms with van der Waals surface area (Å²) in [4.78, 5) is 11.7. The zero-order valence-electron chi connectivity index (χ0n) is 9.11. The van der Waals surface area contributed by atoms with Crippen LogP contribution < -0.4 is 0 Å². The van der Waals surface area contributed by atoms with Gasteiger partial charge in [-0.2, -0.15) is 5.10 Å². The first kappa shape index (κ1) is 12.0. The van der Waals surface area contributed by atoms with Gasteiger partial charge < -0.3 is 4.74 Å². The Morgan fingerprint density at radius 2 is 2.33 bits per heavy atom. The van der Waals surface area contributed by atoms with E-state index in [1.165, 1.54) is 6.20 Å². The fourth-order valence-electron chi connectivity index (χ4n) is 1.38. The molecule has 0 aliphatic rings. The molecule has 0 aromatic carbocycles. The number of carbonyl (C=O) groups is 1. The average molecular weight is 231 g/mol. The molecule has 0 spiro atoms. The van der Waals surface area contributed by atoms with E-state index in [1.54, 1.807) is 17.8 Å². The van der Waals surface area contributed by atoms with Crippen molar-refractivity contribution in [2.45, 2.75) is 26.8 Å². The minimum atomic E-state index is -0.405. The number of hydrogen-bond donors (Lipinski definition) is 0. The Bertz CT molecular complexity index is 336. The van der Waals surface area contributed by atoms with Gasteiger partial charge in [0.15, 0.2) is 6.04 Å². The van der Waals surface area contributed by atoms with E-state index in [-0.39, 0.29) is 11.9 Å². The number of carbonyl (C=O) groups excluding carboxylic acids is 1. The predicted molar refractivity (Wildman–Crippen MR) is 57.7 cm³/mol. The van der Waals surface area contributed by atoms with Gasteiger partial charge in [-0.1, -0.05) is 25.4 Å². The monoisotopic (exact) mass is 230 g/mol. The largest absolute Gasteiger partial charge is 0.464 e. The third-order valence-electron chi connectivity index (χ3n) is 2.01. The molecule has 5 heteroatoms. The number of esters is 1. The van der Waals surface area contributed by atoms with E-state index in [0.717, 1.165) is 0 Å². The van der Waals surface area contributed by atoms with E-state index in [9.17, 15) is 4.79 Å². The molecule has 0 aliphatic carbocycles. The van der Waals surface area contributed by atoms with Gasteiger partial charge >= 0.3 is 5.97 Å². The zero-order valence-corrected chi connectivity index (χ0v) is 9.86. The van der Waals surface area contributed by atoms with Crippen molar-refractivity contribution >= 4 is 17.6 Å². The topological polar surface area (TPSA) is 44.1 Å². The summed E-state index contributed by atoms with van der Waals surface area (Å²) in [5.41, 5.74) is 0. The van der Waals surface area contributed by atoms with Crippen LogP contribution in [0.3, 0.4) is 0 Å². The Morgan fingerprint density at radius 1 is 1.67 bits per heavy atom. The van der Waals surface area contributed by atoms with Crippen molar-refractivity contribution in [2.24, 2.45) is 5.92 Å². The third-order valence-corrected chi connectivity index (χ3v) is 2.21. The lowest BCUT2D eigenvalue weighted by Crippen LogP contribution is -2.26. The zero-order chi connectivity index (χ0) is 11.4. The maximum absolute atomic E-state index is 11.7. The van der Waals surface area contributed by atoms with Gasteiger partial charge in [0, 0.05) is 6.20 Å². The van der Waals surface area contributed by atoms with Gasteiger partial charge in [0.2, 0.25) is 0 Å². The summed E-state index contributed by atoms with van der Waals surface area (Å²) in [6, 6.07) is -0.405. The Morgan fingerprint density at radius 3 is 2.73 bits per heavy atom. The quantitative estimate of drug-likeness (QED) is 0.746. The Kier molecular flexibility index (Phi) is 4.15. The second-order valence-corrected chi connectivity index (χ2v) is 4.02. The summed E-state index contributed by atoms with van der Waals surface area (Å²) in [5, 5.41) is 4.54. The molecule has 0 saturated carbocycles. The van der Waals surface area contributed by atoms with Crippen LogP contribution in [0.2, 0.25) is 5.02 Å². The van der Waals surface area contributed by atoms with Gasteiger partial charge in [0.25, 0.3) is 0 Å². The van der Waals surface area contributed by atoms with Gasteiger partial charge in [0.05, 0.1) is 17.8 Å². The minimum absolute atomic E-state index is 0.111. The number of halogens is 1. The highest BCUT2D eigenvalue weighted by atomic mass is 35.5. The van der Waals surface area contributed by atoms with Gasteiger partial charge in [-0.15, -0.1) is 0 Å². The number of ether oxygens (including phenoxy) is 1. The summed E-state index contributed by atoms with van der Waals surface area (Å²) >= 11 is 5.76. The second-order valence-electron chi connectivity index (χ2n) is 3.58. The maximum Gasteiger partial charge on any atom is 0.331 e. The van der Waals surface area contributed by atoms with Crippen LogP contribution in [0.4, 0.5) is 0 Å². The molecule has 0 fully saturated rings. The van der Waals surface area contributed by atoms with Gasteiger partial charge in [-0.05, 0) is 12.8 Å². The highest BCUT2D eigenvalue weighted by Gasteiger charge is 2.26. The average Bonchev–Trinajstić information content (AvgIpc) is 2.51. The fraction of sp³-hybridized carbons (Fsp3) is 0.600. The standard InChI is InChI=1S/C10H15ClN2O2/c1-4-15-10(14)9(7(2)3)13-6-8(11)5-12-13/h5-7,9H,4H2,1-3H3/t9-/m1/s1. The predicted octanol–water partition coefficient (Wildman–Crippen LogP) is 2.30. The fourth-order valence-corrected chi connectivity index (χ4v) is 1.52. The van der Waals surface area contributed by atoms with Crippen molar-refractivity contribution in [3.8, 4) is 0 Å². The van der Waals surface area contributed by atoms with E-state index in [2.05, 4.69) is 5.10 Å². The number of nitrogens with zero attached hydrogens (tertiary/aromatic N) is 2. The summed E-state index contributed by atoms with van der Waals surface area (Å²) in [6.07, 6.45) is 3.14. The maximum atomic E-state index is 11.7. The molecule has 0 aliphatic heterocycles. The van der Waals surface area contributed by atoms with Crippen molar-refractivity contribution in [1.82, 2.24) is 9.78 Å². The van der Waals surface area contributed by atoms with Crippen LogP contribution in [0.5, 0.6) is 0 Å². The summed E-state index contributed by atoms with van der Waals surface area (Å²) < 4.78 is 6.53. The lowest BCUT2D eigenvalue weighted by atomic mass is 10.1. The van der Waals surface area contributed by atoms with Crippen LogP contribution in [-0.2, 0) is 9.53 Å². The SMILES string of the molecule is CCOC(=O)[C@@H](C(C)C)n1cc(Cl)cn1. The number of hydrogen-bond acceptors (Lipinski definition) is 3. The molecule has 1 heterocycles. The molecule has 0 unspecified atom stereocenters. The van der Waals surface area contributed by atoms with Crippen LogP contribution in [0.25, 0.3) is 0 Å². The number of aromatic nitrogens is 2. The molecule has 0 saturated heterocycles. The summed E-state index contributed by atoms with van der Waals surface area (Å²) in [5.74, 6) is -0.160. The molecule has 84 valence electrons. The van der Waals surface area contributed by atoms with Crippen LogP contribution in [0.15, 0.2) is 12.4 Å². The number of rotatable bonds is 4. The first-order chi connectivity index (χ1) is 7.06. The first-order valence-corrected chi connectivity index (χ1v) is 5.30. The lowest BCUT2D eigenvalue weighted by molar-refractivity contribution is -0.149. The molecule has 1 aromatic heterocycles. The van der Waals surface area contributed by atoms with Crippen LogP contribution in [-0.4, -0.2) is 22.4 Å². The van der Waals surface area contributed by atoms with Crippen molar-refractivity contribution in [3.63, 3.8) is 0 Å². The summed E-state index contributed by atoms with van der Waals surface area (Å²) in [6.45, 7) is 6.04. The molecule has 15 heavy (non-hydrogen) atoms. The molecule has 0 N–H and O–H groups in total. The molecule has 0 radical (unpaired) electrons. The van der Waals surface area contributed by atoms with E-state index < -0.39 is 6.04 Å². The third kappa shape index (κ3) is 2.96. The molecule has 0 bridgehead atoms. The summed E-state index contributed by atoms with van der Waals surface area (Å²) in [7, 11) is 0. The van der Waals surface area contributed by atoms with Crippen molar-refractivity contribution in [2.75, 3.05) is 6.61 Å². The highest BCUT2D eigenvalue weighted by Crippen LogP contribution is 2.20. The molecule has 4 nitrogen and oxygen atoms in total. The van der Waals surface area contributed by atoms with Crippen LogP contribution in [0.1, 0.15) is 26.8 Å². The molecule has 1 rings (SSSR count). The molecular weight excluding hydrogens is 216 g/mol. The molecule has 1 aromatic rings. The molecule has 1 atom stereocenters. The van der Waals surface area contributed by atoms with Gasteiger partial charge in [0.1, 0.15) is 0 Å². The van der Waals surface area contributed by atoms with Crippen LogP contribution >= 0.6 is 11.6 Å². The second kappa shape index (κ2) is 5.16. The van der Waals surface area contributed by atoms with Crippen molar-refractivity contribution < 1.29 is 9.53 Å². The van der Waals surface area contributed by atoms with Crippen molar-refractivity contribution in [1.29, 1.82) is 0 Å². The van der Waals surface area contributed by atoms with Gasteiger partial charge in [-0.25, -0.2) is 4.79 Å². The van der Waals surface area contributed by atoms with Crippen molar-refractivity contribution in [3.05, 3.63) is 17.4 Å². The molecule has 0 amide bonds. The van der Waals surface area contributed by atoms with E-state index >= 15 is 0 Å². The Labute approximate surface area is 94.2 Å². The normalized spacial score (nSPS) is 12.9. The lowest BCUT2D eigenvalue weighted by Gasteiger charge is -2.19. The van der Waals surface area contributed by atoms with E-state index in [0.29, 0.717) is 11.6 Å². The minimum Gasteiger partial charge on any atom is -0.464 e. The Hall–Kier alpha value is -1.03. The highest BCUT2D eigenvalue weighted by molar-refractivity contribution is 6.30. The smallest absolute Gasteiger partial charge is 0.331 e. The van der Waals surface area contributed by atoms with E-state index in [1.807, 2.05) is 13.8 Å². The van der Waals surface area contributed by atoms with Gasteiger partial charge in [-0.3, -0.25) is 4.68 Å². The molecular formula is C10H15ClN2O2. The Balaban J connectivity index is 2.88. The van der Waals surface area contributed by atoms with E-state index in [4.69, 9.17) is 16.3 Å². The first-order valence-electron chi connectivity index (χ1n) is 4.92.